The topological polar surface area (TPSA) is 53.6 Å². The molecule has 0 saturated carbocycles. The van der Waals surface area contributed by atoms with E-state index in [1.54, 1.807) is 12.4 Å². The molecule has 0 fully saturated rings. The van der Waals surface area contributed by atoms with Crippen LogP contribution in [0.4, 0.5) is 5.69 Å². The predicted molar refractivity (Wildman–Crippen MR) is 96.8 cm³/mol. The zero-order valence-corrected chi connectivity index (χ0v) is 14.3. The summed E-state index contributed by atoms with van der Waals surface area (Å²) < 4.78 is 0. The highest BCUT2D eigenvalue weighted by Gasteiger charge is 2.17. The summed E-state index contributed by atoms with van der Waals surface area (Å²) in [6.45, 7) is 9.76. The van der Waals surface area contributed by atoms with Gasteiger partial charge < -0.3 is 10.3 Å². The van der Waals surface area contributed by atoms with Crippen molar-refractivity contribution in [2.24, 2.45) is 0 Å². The minimum atomic E-state index is 0.158. The molecule has 1 aromatic carbocycles. The Morgan fingerprint density at radius 1 is 1.04 bits per heavy atom. The second-order valence-corrected chi connectivity index (χ2v) is 6.88. The van der Waals surface area contributed by atoms with Crippen LogP contribution in [0.25, 0.3) is 22.4 Å². The first kappa shape index (κ1) is 15.5. The number of aromatic nitrogens is 3. The summed E-state index contributed by atoms with van der Waals surface area (Å²) in [7, 11) is 0. The monoisotopic (exact) mass is 308 g/mol. The molecule has 2 heterocycles. The minimum absolute atomic E-state index is 0.158. The molecule has 0 aliphatic carbocycles. The number of anilines is 1. The Hall–Kier alpha value is -2.36. The van der Waals surface area contributed by atoms with Crippen LogP contribution in [-0.4, -0.2) is 21.5 Å². The van der Waals surface area contributed by atoms with Crippen molar-refractivity contribution < 1.29 is 0 Å². The Bertz CT molecular complexity index is 794. The third-order valence-electron chi connectivity index (χ3n) is 4.02. The van der Waals surface area contributed by atoms with E-state index in [0.29, 0.717) is 0 Å². The van der Waals surface area contributed by atoms with Crippen molar-refractivity contribution in [1.82, 2.24) is 15.0 Å². The van der Waals surface area contributed by atoms with Crippen molar-refractivity contribution >= 4 is 16.9 Å². The summed E-state index contributed by atoms with van der Waals surface area (Å²) in [5.41, 5.74) is 6.45. The summed E-state index contributed by atoms with van der Waals surface area (Å²) >= 11 is 0. The molecule has 0 aliphatic heterocycles. The molecule has 23 heavy (non-hydrogen) atoms. The summed E-state index contributed by atoms with van der Waals surface area (Å²) in [6.07, 6.45) is 4.52. The number of hydrogen-bond acceptors (Lipinski definition) is 3. The number of fused-ring (bicyclic) bond motifs is 1. The molecule has 0 amide bonds. The molecule has 0 atom stereocenters. The van der Waals surface area contributed by atoms with Crippen LogP contribution in [-0.2, 0) is 5.41 Å². The average molecular weight is 308 g/mol. The largest absolute Gasteiger partial charge is 0.381 e. The first-order valence-corrected chi connectivity index (χ1v) is 8.18. The normalized spacial score (nSPS) is 11.8. The summed E-state index contributed by atoms with van der Waals surface area (Å²) in [5.74, 6) is 0. The van der Waals surface area contributed by atoms with E-state index in [0.717, 1.165) is 41.1 Å². The van der Waals surface area contributed by atoms with Gasteiger partial charge in [0.05, 0.1) is 11.4 Å². The molecule has 4 nitrogen and oxygen atoms in total. The summed E-state index contributed by atoms with van der Waals surface area (Å²) in [4.78, 5) is 12.3. The summed E-state index contributed by atoms with van der Waals surface area (Å²) in [6, 6.07) is 8.74. The lowest BCUT2D eigenvalue weighted by Gasteiger charge is -2.19. The lowest BCUT2D eigenvalue weighted by molar-refractivity contribution is 0.590. The van der Waals surface area contributed by atoms with Gasteiger partial charge in [0.1, 0.15) is 5.52 Å². The number of H-pyrrole nitrogens is 1. The Balaban J connectivity index is 2.08. The highest BCUT2D eigenvalue weighted by molar-refractivity contribution is 5.96. The molecule has 0 unspecified atom stereocenters. The Labute approximate surface area is 137 Å². The van der Waals surface area contributed by atoms with Crippen LogP contribution in [0.2, 0.25) is 0 Å². The van der Waals surface area contributed by atoms with Gasteiger partial charge in [-0.15, -0.1) is 0 Å². The molecule has 0 radical (unpaired) electrons. The number of nitrogens with zero attached hydrogens (tertiary/aromatic N) is 2. The van der Waals surface area contributed by atoms with Crippen molar-refractivity contribution in [3.05, 3.63) is 42.2 Å². The van der Waals surface area contributed by atoms with E-state index >= 15 is 0 Å². The van der Waals surface area contributed by atoms with E-state index in [1.807, 2.05) is 0 Å². The van der Waals surface area contributed by atoms with E-state index in [9.17, 15) is 0 Å². The molecule has 0 spiro atoms. The maximum absolute atomic E-state index is 4.48. The van der Waals surface area contributed by atoms with Gasteiger partial charge in [-0.3, -0.25) is 0 Å². The Morgan fingerprint density at radius 3 is 2.39 bits per heavy atom. The van der Waals surface area contributed by atoms with Crippen LogP contribution in [0.3, 0.4) is 0 Å². The average Bonchev–Trinajstić information content (AvgIpc) is 2.91. The summed E-state index contributed by atoms with van der Waals surface area (Å²) in [5, 5.41) is 3.50. The van der Waals surface area contributed by atoms with Gasteiger partial charge >= 0.3 is 0 Å². The van der Waals surface area contributed by atoms with Crippen LogP contribution >= 0.6 is 0 Å². The molecular formula is C19H24N4. The first-order valence-electron chi connectivity index (χ1n) is 8.18. The quantitative estimate of drug-likeness (QED) is 0.731. The zero-order valence-electron chi connectivity index (χ0n) is 14.3. The highest BCUT2D eigenvalue weighted by Crippen LogP contribution is 2.34. The van der Waals surface area contributed by atoms with Gasteiger partial charge in [0.2, 0.25) is 0 Å². The van der Waals surface area contributed by atoms with Crippen LogP contribution in [0.15, 0.2) is 36.7 Å². The fraction of sp³-hybridized carbons (Fsp3) is 0.368. The molecule has 2 aromatic heterocycles. The third-order valence-corrected chi connectivity index (χ3v) is 4.02. The van der Waals surface area contributed by atoms with Gasteiger partial charge in [-0.2, -0.15) is 0 Å². The highest BCUT2D eigenvalue weighted by atomic mass is 15.0. The molecule has 3 aromatic rings. The van der Waals surface area contributed by atoms with Gasteiger partial charge in [0.15, 0.2) is 5.65 Å². The van der Waals surface area contributed by atoms with Crippen LogP contribution in [0.1, 0.15) is 39.7 Å². The van der Waals surface area contributed by atoms with E-state index < -0.39 is 0 Å². The van der Waals surface area contributed by atoms with Crippen LogP contribution < -0.4 is 5.32 Å². The van der Waals surface area contributed by atoms with Crippen LogP contribution in [0, 0.1) is 0 Å². The Morgan fingerprint density at radius 2 is 1.74 bits per heavy atom. The molecule has 120 valence electrons. The lowest BCUT2D eigenvalue weighted by Crippen LogP contribution is -2.10. The van der Waals surface area contributed by atoms with Crippen molar-refractivity contribution in [3.63, 3.8) is 0 Å². The number of aromatic amines is 1. The Kier molecular flexibility index (Phi) is 4.07. The fourth-order valence-corrected chi connectivity index (χ4v) is 2.69. The van der Waals surface area contributed by atoms with Crippen molar-refractivity contribution in [2.45, 2.75) is 39.5 Å². The molecule has 0 aliphatic rings. The smallest absolute Gasteiger partial charge is 0.158 e. The number of benzene rings is 1. The maximum atomic E-state index is 4.48. The number of nitrogens with one attached hydrogen (secondary N) is 2. The standard InChI is InChI=1S/C19H24N4/c1-5-10-20-16-15(23-18-17(16)21-11-12-22-18)13-6-8-14(9-7-13)19(2,3)4/h6-9,11-12,20H,5,10H2,1-4H3,(H,22,23). The zero-order chi connectivity index (χ0) is 16.4. The fourth-order valence-electron chi connectivity index (χ4n) is 2.69. The SMILES string of the molecule is CCCNc1c(-c2ccc(C(C)(C)C)cc2)[nH]c2nccnc12. The minimum Gasteiger partial charge on any atom is -0.381 e. The van der Waals surface area contributed by atoms with E-state index in [1.165, 1.54) is 5.56 Å². The van der Waals surface area contributed by atoms with Crippen molar-refractivity contribution in [3.8, 4) is 11.3 Å². The first-order chi connectivity index (χ1) is 11.0. The second kappa shape index (κ2) is 6.03. The lowest BCUT2D eigenvalue weighted by atomic mass is 9.86. The van der Waals surface area contributed by atoms with Gasteiger partial charge in [0.25, 0.3) is 0 Å². The van der Waals surface area contributed by atoms with E-state index in [-0.39, 0.29) is 5.41 Å². The number of hydrogen-bond donors (Lipinski definition) is 2. The predicted octanol–water partition coefficient (Wildman–Crippen LogP) is 4.74. The molecule has 0 saturated heterocycles. The van der Waals surface area contributed by atoms with E-state index in [4.69, 9.17) is 0 Å². The van der Waals surface area contributed by atoms with Crippen LogP contribution in [0.5, 0.6) is 0 Å². The van der Waals surface area contributed by atoms with Gasteiger partial charge in [0, 0.05) is 24.5 Å². The maximum Gasteiger partial charge on any atom is 0.158 e. The van der Waals surface area contributed by atoms with Crippen molar-refractivity contribution in [1.29, 1.82) is 0 Å². The number of rotatable bonds is 4. The van der Waals surface area contributed by atoms with Gasteiger partial charge in [-0.25, -0.2) is 9.97 Å². The molecular weight excluding hydrogens is 284 g/mol. The van der Waals surface area contributed by atoms with Crippen molar-refractivity contribution in [2.75, 3.05) is 11.9 Å². The third kappa shape index (κ3) is 3.07. The van der Waals surface area contributed by atoms with E-state index in [2.05, 4.69) is 72.2 Å². The second-order valence-electron chi connectivity index (χ2n) is 6.88. The molecule has 4 heteroatoms. The molecule has 3 rings (SSSR count). The van der Waals surface area contributed by atoms with Gasteiger partial charge in [-0.05, 0) is 17.4 Å². The molecule has 0 bridgehead atoms. The van der Waals surface area contributed by atoms with Gasteiger partial charge in [-0.1, -0.05) is 52.0 Å². The molecule has 2 N–H and O–H groups in total.